The van der Waals surface area contributed by atoms with Crippen molar-refractivity contribution in [3.63, 3.8) is 0 Å². The second kappa shape index (κ2) is 12.1. The van der Waals surface area contributed by atoms with Crippen LogP contribution in [0.15, 0.2) is 65.0 Å². The number of amides is 2. The highest BCUT2D eigenvalue weighted by molar-refractivity contribution is 8.01. The van der Waals surface area contributed by atoms with Gasteiger partial charge in [-0.3, -0.25) is 14.9 Å². The van der Waals surface area contributed by atoms with Gasteiger partial charge in [0.1, 0.15) is 12.4 Å². The Kier molecular flexibility index (Phi) is 8.89. The quantitative estimate of drug-likeness (QED) is 0.198. The Hall–Kier alpha value is -2.88. The highest BCUT2D eigenvalue weighted by atomic mass is 35.5. The van der Waals surface area contributed by atoms with Gasteiger partial charge in [0, 0.05) is 11.1 Å². The summed E-state index contributed by atoms with van der Waals surface area (Å²) in [5.41, 5.74) is 0.927. The highest BCUT2D eigenvalue weighted by Crippen LogP contribution is 2.25. The molecule has 0 saturated heterocycles. The van der Waals surface area contributed by atoms with Crippen molar-refractivity contribution in [2.24, 2.45) is 0 Å². The molecule has 0 aliphatic carbocycles. The molecule has 0 spiro atoms. The maximum absolute atomic E-state index is 12.0. The van der Waals surface area contributed by atoms with Gasteiger partial charge in [-0.15, -0.1) is 10.2 Å². The fourth-order valence-electron chi connectivity index (χ4n) is 2.27. The number of hydrogen-bond acceptors (Lipinski definition) is 7. The lowest BCUT2D eigenvalue weighted by molar-refractivity contribution is -0.118. The molecule has 0 atom stereocenters. The summed E-state index contributed by atoms with van der Waals surface area (Å²) in [5.74, 6) is 0.443. The summed E-state index contributed by atoms with van der Waals surface area (Å²) in [6.07, 6.45) is 3.15. The van der Waals surface area contributed by atoms with E-state index in [9.17, 15) is 9.59 Å². The zero-order valence-electron chi connectivity index (χ0n) is 16.3. The van der Waals surface area contributed by atoms with Crippen molar-refractivity contribution in [3.05, 3.63) is 71.3 Å². The van der Waals surface area contributed by atoms with Gasteiger partial charge in [0.15, 0.2) is 4.34 Å². The van der Waals surface area contributed by atoms with Crippen molar-refractivity contribution in [3.8, 4) is 5.75 Å². The Morgan fingerprint density at radius 1 is 1.10 bits per heavy atom. The van der Waals surface area contributed by atoms with Crippen LogP contribution in [-0.2, 0) is 9.59 Å². The maximum atomic E-state index is 12.0. The van der Waals surface area contributed by atoms with Gasteiger partial charge in [0.25, 0.3) is 0 Å². The number of anilines is 1. The summed E-state index contributed by atoms with van der Waals surface area (Å²) in [7, 11) is 0. The molecule has 160 valence electrons. The van der Waals surface area contributed by atoms with E-state index in [0.29, 0.717) is 33.4 Å². The van der Waals surface area contributed by atoms with Crippen LogP contribution >= 0.6 is 34.7 Å². The van der Waals surface area contributed by atoms with Gasteiger partial charge in [0.2, 0.25) is 16.9 Å². The first-order chi connectivity index (χ1) is 15.1. The number of thioether (sulfide) groups is 1. The van der Waals surface area contributed by atoms with E-state index < -0.39 is 0 Å². The molecule has 3 aromatic rings. The van der Waals surface area contributed by atoms with Crippen molar-refractivity contribution in [2.45, 2.75) is 4.34 Å². The minimum absolute atomic E-state index is 0.142. The van der Waals surface area contributed by atoms with E-state index >= 15 is 0 Å². The van der Waals surface area contributed by atoms with E-state index in [-0.39, 0.29) is 17.6 Å². The van der Waals surface area contributed by atoms with Crippen LogP contribution in [0.2, 0.25) is 5.02 Å². The molecule has 2 aromatic carbocycles. The number of benzene rings is 2. The molecule has 3 rings (SSSR count). The zero-order valence-corrected chi connectivity index (χ0v) is 18.7. The SMILES string of the molecule is O=C(C=Cc1ccccc1)Nc1nnc(SCC(=O)NCCOc2ccc(Cl)cc2)s1. The van der Waals surface area contributed by atoms with Crippen molar-refractivity contribution in [1.29, 1.82) is 0 Å². The molecule has 7 nitrogen and oxygen atoms in total. The minimum Gasteiger partial charge on any atom is -0.492 e. The molecule has 0 radical (unpaired) electrons. The predicted molar refractivity (Wildman–Crippen MR) is 125 cm³/mol. The second-order valence-corrected chi connectivity index (χ2v) is 8.68. The molecule has 0 fully saturated rings. The molecule has 0 bridgehead atoms. The summed E-state index contributed by atoms with van der Waals surface area (Å²) >= 11 is 8.28. The molecule has 1 aromatic heterocycles. The lowest BCUT2D eigenvalue weighted by atomic mass is 10.2. The van der Waals surface area contributed by atoms with Crippen LogP contribution in [-0.4, -0.2) is 40.9 Å². The second-order valence-electron chi connectivity index (χ2n) is 6.05. The van der Waals surface area contributed by atoms with Crippen LogP contribution in [0.25, 0.3) is 6.08 Å². The molecule has 0 saturated carbocycles. The molecule has 0 unspecified atom stereocenters. The van der Waals surface area contributed by atoms with Gasteiger partial charge in [-0.25, -0.2) is 0 Å². The Labute approximate surface area is 192 Å². The van der Waals surface area contributed by atoms with Gasteiger partial charge in [-0.2, -0.15) is 0 Å². The number of ether oxygens (including phenoxy) is 1. The number of aromatic nitrogens is 2. The van der Waals surface area contributed by atoms with E-state index in [1.807, 2.05) is 30.3 Å². The smallest absolute Gasteiger partial charge is 0.250 e. The van der Waals surface area contributed by atoms with E-state index in [4.69, 9.17) is 16.3 Å². The first-order valence-corrected chi connectivity index (χ1v) is 11.4. The van der Waals surface area contributed by atoms with Gasteiger partial charge in [-0.05, 0) is 35.9 Å². The van der Waals surface area contributed by atoms with Crippen LogP contribution in [0.4, 0.5) is 5.13 Å². The molecule has 1 heterocycles. The van der Waals surface area contributed by atoms with Crippen molar-refractivity contribution >= 4 is 57.7 Å². The van der Waals surface area contributed by atoms with E-state index in [0.717, 1.165) is 5.56 Å². The fraction of sp³-hybridized carbons (Fsp3) is 0.143. The lowest BCUT2D eigenvalue weighted by Gasteiger charge is -2.07. The summed E-state index contributed by atoms with van der Waals surface area (Å²) in [6, 6.07) is 16.5. The average Bonchev–Trinajstić information content (AvgIpc) is 3.23. The monoisotopic (exact) mass is 474 g/mol. The molecular weight excluding hydrogens is 456 g/mol. The van der Waals surface area contributed by atoms with Crippen LogP contribution < -0.4 is 15.4 Å². The normalized spacial score (nSPS) is 10.7. The summed E-state index contributed by atoms with van der Waals surface area (Å²) < 4.78 is 6.11. The number of carbonyl (C=O) groups excluding carboxylic acids is 2. The molecule has 31 heavy (non-hydrogen) atoms. The summed E-state index contributed by atoms with van der Waals surface area (Å²) in [4.78, 5) is 23.9. The summed E-state index contributed by atoms with van der Waals surface area (Å²) in [5, 5.41) is 14.4. The topological polar surface area (TPSA) is 93.2 Å². The van der Waals surface area contributed by atoms with Gasteiger partial charge in [0.05, 0.1) is 12.3 Å². The molecule has 0 aliphatic rings. The fourth-order valence-corrected chi connectivity index (χ4v) is 3.98. The number of rotatable bonds is 10. The van der Waals surface area contributed by atoms with Crippen molar-refractivity contribution < 1.29 is 14.3 Å². The largest absolute Gasteiger partial charge is 0.492 e. The standard InChI is InChI=1S/C21H19ClN4O3S2/c22-16-7-9-17(10-8-16)29-13-12-23-19(28)14-30-21-26-25-20(31-21)24-18(27)11-6-15-4-2-1-3-5-15/h1-11H,12-14H2,(H,23,28)(H,24,25,27). The number of nitrogens with zero attached hydrogens (tertiary/aromatic N) is 2. The number of carbonyl (C=O) groups is 2. The van der Waals surface area contributed by atoms with Crippen LogP contribution in [0, 0.1) is 0 Å². The molecule has 2 N–H and O–H groups in total. The molecule has 2 amide bonds. The first kappa shape index (κ1) is 22.8. The Balaban J connectivity index is 1.33. The van der Waals surface area contributed by atoms with Gasteiger partial charge >= 0.3 is 0 Å². The molecular formula is C21H19ClN4O3S2. The average molecular weight is 475 g/mol. The Morgan fingerprint density at radius 2 is 1.87 bits per heavy atom. The number of hydrogen-bond donors (Lipinski definition) is 2. The predicted octanol–water partition coefficient (Wildman–Crippen LogP) is 4.13. The third-order valence-corrected chi connectivity index (χ3v) is 5.92. The number of halogens is 1. The highest BCUT2D eigenvalue weighted by Gasteiger charge is 2.09. The maximum Gasteiger partial charge on any atom is 0.250 e. The third-order valence-electron chi connectivity index (χ3n) is 3.70. The Bertz CT molecular complexity index is 1030. The van der Waals surface area contributed by atoms with Gasteiger partial charge < -0.3 is 10.1 Å². The third kappa shape index (κ3) is 8.41. The minimum atomic E-state index is -0.296. The van der Waals surface area contributed by atoms with Crippen LogP contribution in [0.1, 0.15) is 5.56 Å². The van der Waals surface area contributed by atoms with E-state index in [1.54, 1.807) is 30.3 Å². The Morgan fingerprint density at radius 3 is 2.65 bits per heavy atom. The molecule has 10 heteroatoms. The lowest BCUT2D eigenvalue weighted by Crippen LogP contribution is -2.29. The van der Waals surface area contributed by atoms with Crippen LogP contribution in [0.5, 0.6) is 5.75 Å². The first-order valence-electron chi connectivity index (χ1n) is 9.24. The van der Waals surface area contributed by atoms with Crippen molar-refractivity contribution in [2.75, 3.05) is 24.2 Å². The van der Waals surface area contributed by atoms with E-state index in [2.05, 4.69) is 20.8 Å². The van der Waals surface area contributed by atoms with Gasteiger partial charge in [-0.1, -0.05) is 65.0 Å². The van der Waals surface area contributed by atoms with E-state index in [1.165, 1.54) is 29.2 Å². The van der Waals surface area contributed by atoms with Crippen molar-refractivity contribution in [1.82, 2.24) is 15.5 Å². The molecule has 0 aliphatic heterocycles. The summed E-state index contributed by atoms with van der Waals surface area (Å²) in [6.45, 7) is 0.733. The number of nitrogens with one attached hydrogen (secondary N) is 2. The zero-order chi connectivity index (χ0) is 21.9. The van der Waals surface area contributed by atoms with Crippen LogP contribution in [0.3, 0.4) is 0 Å².